The Kier molecular flexibility index (Phi) is 5.77. The van der Waals surface area contributed by atoms with Crippen LogP contribution in [0.15, 0.2) is 0 Å². The van der Waals surface area contributed by atoms with Crippen molar-refractivity contribution in [2.24, 2.45) is 5.92 Å². The Balaban J connectivity index is 2.32. The third-order valence-electron chi connectivity index (χ3n) is 3.33. The van der Waals surface area contributed by atoms with Crippen LogP contribution in [0.4, 0.5) is 0 Å². The third kappa shape index (κ3) is 3.76. The van der Waals surface area contributed by atoms with Gasteiger partial charge in [0, 0.05) is 19.7 Å². The molecule has 1 rings (SSSR count). The van der Waals surface area contributed by atoms with Crippen LogP contribution < -0.4 is 5.32 Å². The van der Waals surface area contributed by atoms with Crippen molar-refractivity contribution in [1.29, 1.82) is 0 Å². The molecule has 1 saturated heterocycles. The van der Waals surface area contributed by atoms with Crippen LogP contribution in [0.25, 0.3) is 0 Å². The number of carbonyl (C=O) groups is 1. The van der Waals surface area contributed by atoms with Crippen LogP contribution in [0.3, 0.4) is 0 Å². The van der Waals surface area contributed by atoms with Crippen LogP contribution in [0.5, 0.6) is 0 Å². The number of carbonyl (C=O) groups excluding carboxylic acids is 1. The van der Waals surface area contributed by atoms with Crippen LogP contribution >= 0.6 is 0 Å². The van der Waals surface area contributed by atoms with E-state index in [1.807, 2.05) is 6.92 Å². The fraction of sp³-hybridized carbons (Fsp3) is 0.917. The zero-order valence-electron chi connectivity index (χ0n) is 10.4. The van der Waals surface area contributed by atoms with Gasteiger partial charge in [-0.3, -0.25) is 9.69 Å². The molecule has 94 valence electrons. The van der Waals surface area contributed by atoms with Crippen LogP contribution in [0, 0.1) is 5.92 Å². The standard InChI is InChI=1S/C12H24N2O2/c1-3-6-13-12(16)10(2)14-7-4-11(9-14)5-8-15/h10-11,15H,3-9H2,1-2H3,(H,13,16). The van der Waals surface area contributed by atoms with Crippen molar-refractivity contribution >= 4 is 5.91 Å². The van der Waals surface area contributed by atoms with Gasteiger partial charge in [0.2, 0.25) is 5.91 Å². The Morgan fingerprint density at radius 2 is 2.38 bits per heavy atom. The van der Waals surface area contributed by atoms with E-state index in [1.54, 1.807) is 0 Å². The largest absolute Gasteiger partial charge is 0.396 e. The predicted octanol–water partition coefficient (Wildman–Crippen LogP) is 0.605. The molecule has 1 aliphatic heterocycles. The van der Waals surface area contributed by atoms with E-state index in [1.165, 1.54) is 0 Å². The summed E-state index contributed by atoms with van der Waals surface area (Å²) in [6.45, 7) is 6.96. The Labute approximate surface area is 98.0 Å². The van der Waals surface area contributed by atoms with Gasteiger partial charge >= 0.3 is 0 Å². The second-order valence-corrected chi connectivity index (χ2v) is 4.63. The number of nitrogens with one attached hydrogen (secondary N) is 1. The molecule has 0 aromatic rings. The first-order chi connectivity index (χ1) is 7.69. The number of likely N-dealkylation sites (tertiary alicyclic amines) is 1. The zero-order chi connectivity index (χ0) is 12.0. The number of aliphatic hydroxyl groups excluding tert-OH is 1. The first-order valence-electron chi connectivity index (χ1n) is 6.31. The molecule has 4 nitrogen and oxygen atoms in total. The zero-order valence-corrected chi connectivity index (χ0v) is 10.4. The van der Waals surface area contributed by atoms with E-state index in [-0.39, 0.29) is 18.6 Å². The minimum Gasteiger partial charge on any atom is -0.396 e. The summed E-state index contributed by atoms with van der Waals surface area (Å²) in [5.74, 6) is 0.693. The fourth-order valence-electron chi connectivity index (χ4n) is 2.19. The molecular formula is C12H24N2O2. The Morgan fingerprint density at radius 3 is 3.00 bits per heavy atom. The summed E-state index contributed by atoms with van der Waals surface area (Å²) in [4.78, 5) is 14.0. The lowest BCUT2D eigenvalue weighted by Crippen LogP contribution is -2.44. The summed E-state index contributed by atoms with van der Waals surface area (Å²) in [7, 11) is 0. The van der Waals surface area contributed by atoms with E-state index < -0.39 is 0 Å². The van der Waals surface area contributed by atoms with Crippen molar-refractivity contribution in [3.63, 3.8) is 0 Å². The minimum atomic E-state index is -0.0322. The Bertz CT molecular complexity index is 221. The van der Waals surface area contributed by atoms with E-state index in [2.05, 4.69) is 17.1 Å². The quantitative estimate of drug-likeness (QED) is 0.700. The third-order valence-corrected chi connectivity index (χ3v) is 3.33. The maximum atomic E-state index is 11.8. The van der Waals surface area contributed by atoms with Crippen molar-refractivity contribution in [2.75, 3.05) is 26.2 Å². The van der Waals surface area contributed by atoms with Crippen LogP contribution in [0.2, 0.25) is 0 Å². The lowest BCUT2D eigenvalue weighted by Gasteiger charge is -2.23. The first kappa shape index (κ1) is 13.5. The lowest BCUT2D eigenvalue weighted by molar-refractivity contribution is -0.125. The molecule has 0 spiro atoms. The van der Waals surface area contributed by atoms with E-state index in [0.717, 1.165) is 38.9 Å². The van der Waals surface area contributed by atoms with Gasteiger partial charge in [0.25, 0.3) is 0 Å². The summed E-state index contributed by atoms with van der Waals surface area (Å²) in [6, 6.07) is -0.0322. The molecule has 1 fully saturated rings. The van der Waals surface area contributed by atoms with Gasteiger partial charge in [0.1, 0.15) is 0 Å². The van der Waals surface area contributed by atoms with E-state index >= 15 is 0 Å². The summed E-state index contributed by atoms with van der Waals surface area (Å²) in [6.07, 6.45) is 2.94. The van der Waals surface area contributed by atoms with Gasteiger partial charge in [-0.2, -0.15) is 0 Å². The maximum absolute atomic E-state index is 11.8. The molecule has 16 heavy (non-hydrogen) atoms. The second-order valence-electron chi connectivity index (χ2n) is 4.63. The van der Waals surface area contributed by atoms with Crippen molar-refractivity contribution in [3.8, 4) is 0 Å². The average Bonchev–Trinajstić information content (AvgIpc) is 2.74. The summed E-state index contributed by atoms with van der Waals surface area (Å²) in [5.41, 5.74) is 0. The fourth-order valence-corrected chi connectivity index (χ4v) is 2.19. The molecule has 1 heterocycles. The number of nitrogens with zero attached hydrogens (tertiary/aromatic N) is 1. The maximum Gasteiger partial charge on any atom is 0.237 e. The molecule has 0 radical (unpaired) electrons. The molecule has 0 saturated carbocycles. The second kappa shape index (κ2) is 6.86. The normalized spacial score (nSPS) is 23.3. The van der Waals surface area contributed by atoms with Crippen molar-refractivity contribution in [3.05, 3.63) is 0 Å². The Hall–Kier alpha value is -0.610. The molecule has 1 amide bonds. The number of aliphatic hydroxyl groups is 1. The van der Waals surface area contributed by atoms with Crippen LogP contribution in [-0.2, 0) is 4.79 Å². The summed E-state index contributed by atoms with van der Waals surface area (Å²) in [5, 5.41) is 11.8. The van der Waals surface area contributed by atoms with Gasteiger partial charge < -0.3 is 10.4 Å². The summed E-state index contributed by atoms with van der Waals surface area (Å²) < 4.78 is 0. The number of hydrogen-bond acceptors (Lipinski definition) is 3. The molecular weight excluding hydrogens is 204 g/mol. The van der Waals surface area contributed by atoms with Crippen molar-refractivity contribution in [1.82, 2.24) is 10.2 Å². The van der Waals surface area contributed by atoms with Crippen LogP contribution in [-0.4, -0.2) is 48.2 Å². The van der Waals surface area contributed by atoms with Crippen molar-refractivity contribution < 1.29 is 9.90 Å². The molecule has 4 heteroatoms. The molecule has 2 N–H and O–H groups in total. The monoisotopic (exact) mass is 228 g/mol. The predicted molar refractivity (Wildman–Crippen MR) is 64.1 cm³/mol. The molecule has 0 aromatic heterocycles. The van der Waals surface area contributed by atoms with Crippen molar-refractivity contribution in [2.45, 2.75) is 39.2 Å². The SMILES string of the molecule is CCCNC(=O)C(C)N1CCC(CCO)C1. The summed E-state index contributed by atoms with van der Waals surface area (Å²) >= 11 is 0. The van der Waals surface area contributed by atoms with E-state index in [4.69, 9.17) is 5.11 Å². The molecule has 0 bridgehead atoms. The van der Waals surface area contributed by atoms with Gasteiger partial charge in [-0.05, 0) is 38.6 Å². The van der Waals surface area contributed by atoms with Gasteiger partial charge in [-0.15, -0.1) is 0 Å². The minimum absolute atomic E-state index is 0.0322. The number of rotatable bonds is 6. The van der Waals surface area contributed by atoms with Gasteiger partial charge in [0.15, 0.2) is 0 Å². The molecule has 2 atom stereocenters. The highest BCUT2D eigenvalue weighted by Crippen LogP contribution is 2.21. The van der Waals surface area contributed by atoms with Gasteiger partial charge in [-0.1, -0.05) is 6.92 Å². The van der Waals surface area contributed by atoms with E-state index in [0.29, 0.717) is 5.92 Å². The highest BCUT2D eigenvalue weighted by atomic mass is 16.3. The van der Waals surface area contributed by atoms with Gasteiger partial charge in [0.05, 0.1) is 6.04 Å². The number of amides is 1. The molecule has 1 aliphatic rings. The van der Waals surface area contributed by atoms with Crippen LogP contribution in [0.1, 0.15) is 33.1 Å². The van der Waals surface area contributed by atoms with Gasteiger partial charge in [-0.25, -0.2) is 0 Å². The molecule has 0 aromatic carbocycles. The average molecular weight is 228 g/mol. The molecule has 2 unspecified atom stereocenters. The highest BCUT2D eigenvalue weighted by molar-refractivity contribution is 5.81. The van der Waals surface area contributed by atoms with E-state index in [9.17, 15) is 4.79 Å². The lowest BCUT2D eigenvalue weighted by atomic mass is 10.1. The first-order valence-corrected chi connectivity index (χ1v) is 6.31. The smallest absolute Gasteiger partial charge is 0.237 e. The topological polar surface area (TPSA) is 52.6 Å². The number of hydrogen-bond donors (Lipinski definition) is 2. The highest BCUT2D eigenvalue weighted by Gasteiger charge is 2.28. The Morgan fingerprint density at radius 1 is 1.62 bits per heavy atom. The molecule has 0 aliphatic carbocycles.